The van der Waals surface area contributed by atoms with Crippen molar-refractivity contribution in [3.63, 3.8) is 0 Å². The molecule has 1 amide bonds. The van der Waals surface area contributed by atoms with Crippen LogP contribution in [0.5, 0.6) is 17.2 Å². The number of carbonyl (C=O) groups excluding carboxylic acids is 1. The Hall–Kier alpha value is -2.95. The molecular formula is C23H29NO4. The second kappa shape index (κ2) is 11.0. The van der Waals surface area contributed by atoms with Crippen molar-refractivity contribution in [3.05, 3.63) is 59.7 Å². The first-order valence-corrected chi connectivity index (χ1v) is 9.45. The SMILES string of the molecule is COc1ccc(/C=C/C(=O)NCCCc2ccc(OC(C)C)cc2)cc1OC. The van der Waals surface area contributed by atoms with Gasteiger partial charge in [0.15, 0.2) is 11.5 Å². The van der Waals surface area contributed by atoms with E-state index in [1.807, 2.05) is 44.2 Å². The summed E-state index contributed by atoms with van der Waals surface area (Å²) in [6.07, 6.45) is 5.24. The van der Waals surface area contributed by atoms with Gasteiger partial charge in [0.25, 0.3) is 0 Å². The van der Waals surface area contributed by atoms with Crippen LogP contribution in [0.3, 0.4) is 0 Å². The number of hydrogen-bond acceptors (Lipinski definition) is 4. The maximum absolute atomic E-state index is 12.0. The molecule has 150 valence electrons. The van der Waals surface area contributed by atoms with Gasteiger partial charge in [-0.15, -0.1) is 0 Å². The summed E-state index contributed by atoms with van der Waals surface area (Å²) in [5.74, 6) is 2.06. The smallest absolute Gasteiger partial charge is 0.243 e. The van der Waals surface area contributed by atoms with Crippen LogP contribution in [0.2, 0.25) is 0 Å². The zero-order valence-corrected chi connectivity index (χ0v) is 17.0. The third-order valence-corrected chi connectivity index (χ3v) is 4.07. The lowest BCUT2D eigenvalue weighted by atomic mass is 10.1. The molecule has 0 aromatic heterocycles. The molecule has 5 heteroatoms. The minimum Gasteiger partial charge on any atom is -0.493 e. The predicted molar refractivity (Wildman–Crippen MR) is 112 cm³/mol. The molecule has 2 aromatic carbocycles. The molecule has 0 fully saturated rings. The fraction of sp³-hybridized carbons (Fsp3) is 0.348. The molecular weight excluding hydrogens is 354 g/mol. The Balaban J connectivity index is 1.74. The van der Waals surface area contributed by atoms with Crippen LogP contribution in [-0.2, 0) is 11.2 Å². The monoisotopic (exact) mass is 383 g/mol. The van der Waals surface area contributed by atoms with Crippen LogP contribution in [0.15, 0.2) is 48.5 Å². The number of hydrogen-bond donors (Lipinski definition) is 1. The number of carbonyl (C=O) groups is 1. The summed E-state index contributed by atoms with van der Waals surface area (Å²) >= 11 is 0. The van der Waals surface area contributed by atoms with Crippen molar-refractivity contribution in [2.24, 2.45) is 0 Å². The highest BCUT2D eigenvalue weighted by Gasteiger charge is 2.03. The van der Waals surface area contributed by atoms with Crippen LogP contribution >= 0.6 is 0 Å². The number of aryl methyl sites for hydroxylation is 1. The number of amides is 1. The summed E-state index contributed by atoms with van der Waals surface area (Å²) in [4.78, 5) is 12.0. The van der Waals surface area contributed by atoms with E-state index in [9.17, 15) is 4.79 Å². The van der Waals surface area contributed by atoms with Gasteiger partial charge in [0.05, 0.1) is 20.3 Å². The lowest BCUT2D eigenvalue weighted by Gasteiger charge is -2.10. The van der Waals surface area contributed by atoms with Crippen LogP contribution in [0.25, 0.3) is 6.08 Å². The summed E-state index contributed by atoms with van der Waals surface area (Å²) in [5.41, 5.74) is 2.10. The van der Waals surface area contributed by atoms with Crippen molar-refractivity contribution in [1.82, 2.24) is 5.32 Å². The first kappa shape index (κ1) is 21.4. The van der Waals surface area contributed by atoms with E-state index in [4.69, 9.17) is 14.2 Å². The summed E-state index contributed by atoms with van der Waals surface area (Å²) in [5, 5.41) is 2.91. The predicted octanol–water partition coefficient (Wildman–Crippen LogP) is 4.25. The van der Waals surface area contributed by atoms with Crippen LogP contribution in [0, 0.1) is 0 Å². The molecule has 0 spiro atoms. The van der Waals surface area contributed by atoms with Gasteiger partial charge in [0, 0.05) is 12.6 Å². The zero-order valence-electron chi connectivity index (χ0n) is 17.0. The molecule has 0 saturated carbocycles. The van der Waals surface area contributed by atoms with E-state index in [0.717, 1.165) is 24.2 Å². The highest BCUT2D eigenvalue weighted by Crippen LogP contribution is 2.27. The Bertz CT molecular complexity index is 782. The zero-order chi connectivity index (χ0) is 20.4. The van der Waals surface area contributed by atoms with Crippen LogP contribution in [0.1, 0.15) is 31.4 Å². The highest BCUT2D eigenvalue weighted by atomic mass is 16.5. The second-order valence-corrected chi connectivity index (χ2v) is 6.65. The third kappa shape index (κ3) is 6.99. The summed E-state index contributed by atoms with van der Waals surface area (Å²) in [6.45, 7) is 4.64. The van der Waals surface area contributed by atoms with Gasteiger partial charge in [-0.1, -0.05) is 18.2 Å². The van der Waals surface area contributed by atoms with E-state index in [2.05, 4.69) is 17.4 Å². The third-order valence-electron chi connectivity index (χ3n) is 4.07. The molecule has 0 unspecified atom stereocenters. The van der Waals surface area contributed by atoms with Crippen molar-refractivity contribution in [2.45, 2.75) is 32.8 Å². The first-order valence-electron chi connectivity index (χ1n) is 9.45. The van der Waals surface area contributed by atoms with Crippen molar-refractivity contribution in [1.29, 1.82) is 0 Å². The van der Waals surface area contributed by atoms with Gasteiger partial charge in [-0.3, -0.25) is 4.79 Å². The minimum absolute atomic E-state index is 0.115. The number of benzene rings is 2. The van der Waals surface area contributed by atoms with Crippen LogP contribution in [-0.4, -0.2) is 32.8 Å². The topological polar surface area (TPSA) is 56.8 Å². The quantitative estimate of drug-likeness (QED) is 0.492. The summed E-state index contributed by atoms with van der Waals surface area (Å²) in [7, 11) is 3.18. The molecule has 0 heterocycles. The molecule has 0 aliphatic carbocycles. The number of methoxy groups -OCH3 is 2. The Morgan fingerprint density at radius 1 is 1.04 bits per heavy atom. The average Bonchev–Trinajstić information content (AvgIpc) is 2.70. The van der Waals surface area contributed by atoms with Gasteiger partial charge in [0.1, 0.15) is 5.75 Å². The Morgan fingerprint density at radius 2 is 1.75 bits per heavy atom. The van der Waals surface area contributed by atoms with E-state index < -0.39 is 0 Å². The van der Waals surface area contributed by atoms with E-state index in [1.54, 1.807) is 20.3 Å². The van der Waals surface area contributed by atoms with E-state index >= 15 is 0 Å². The average molecular weight is 383 g/mol. The summed E-state index contributed by atoms with van der Waals surface area (Å²) in [6, 6.07) is 13.6. The van der Waals surface area contributed by atoms with Crippen molar-refractivity contribution >= 4 is 12.0 Å². The molecule has 0 aliphatic rings. The first-order chi connectivity index (χ1) is 13.5. The molecule has 0 saturated heterocycles. The van der Waals surface area contributed by atoms with Crippen LogP contribution < -0.4 is 19.5 Å². The molecule has 0 atom stereocenters. The molecule has 0 radical (unpaired) electrons. The van der Waals surface area contributed by atoms with Gasteiger partial charge in [0.2, 0.25) is 5.91 Å². The number of ether oxygens (including phenoxy) is 3. The maximum atomic E-state index is 12.0. The fourth-order valence-electron chi connectivity index (χ4n) is 2.70. The van der Waals surface area contributed by atoms with Gasteiger partial charge in [-0.2, -0.15) is 0 Å². The van der Waals surface area contributed by atoms with Gasteiger partial charge in [-0.25, -0.2) is 0 Å². The minimum atomic E-state index is -0.115. The highest BCUT2D eigenvalue weighted by molar-refractivity contribution is 5.91. The molecule has 5 nitrogen and oxygen atoms in total. The summed E-state index contributed by atoms with van der Waals surface area (Å²) < 4.78 is 16.1. The molecule has 1 N–H and O–H groups in total. The van der Waals surface area contributed by atoms with Crippen molar-refractivity contribution < 1.29 is 19.0 Å². The van der Waals surface area contributed by atoms with Crippen molar-refractivity contribution in [3.8, 4) is 17.2 Å². The normalized spacial score (nSPS) is 10.9. The molecule has 2 aromatic rings. The fourth-order valence-corrected chi connectivity index (χ4v) is 2.70. The largest absolute Gasteiger partial charge is 0.493 e. The lowest BCUT2D eigenvalue weighted by Crippen LogP contribution is -2.22. The van der Waals surface area contributed by atoms with Crippen molar-refractivity contribution in [2.75, 3.05) is 20.8 Å². The molecule has 0 aliphatic heterocycles. The van der Waals surface area contributed by atoms with E-state index in [0.29, 0.717) is 18.0 Å². The van der Waals surface area contributed by atoms with Gasteiger partial charge in [-0.05, 0) is 68.2 Å². The Labute approximate surface area is 167 Å². The van der Waals surface area contributed by atoms with E-state index in [1.165, 1.54) is 11.6 Å². The van der Waals surface area contributed by atoms with Gasteiger partial charge < -0.3 is 19.5 Å². The Morgan fingerprint density at radius 3 is 2.39 bits per heavy atom. The lowest BCUT2D eigenvalue weighted by molar-refractivity contribution is -0.116. The number of nitrogens with one attached hydrogen (secondary N) is 1. The Kier molecular flexibility index (Phi) is 8.40. The second-order valence-electron chi connectivity index (χ2n) is 6.65. The standard InChI is InChI=1S/C23H29NO4/c1-17(2)28-20-11-7-18(8-12-20)6-5-15-24-23(25)14-10-19-9-13-21(26-3)22(16-19)27-4/h7-14,16-17H,5-6,15H2,1-4H3,(H,24,25)/b14-10+. The molecule has 2 rings (SSSR count). The molecule has 28 heavy (non-hydrogen) atoms. The van der Waals surface area contributed by atoms with Crippen LogP contribution in [0.4, 0.5) is 0 Å². The van der Waals surface area contributed by atoms with E-state index in [-0.39, 0.29) is 12.0 Å². The molecule has 0 bridgehead atoms. The van der Waals surface area contributed by atoms with Gasteiger partial charge >= 0.3 is 0 Å². The maximum Gasteiger partial charge on any atom is 0.243 e. The number of rotatable bonds is 10.